The first-order chi connectivity index (χ1) is 9.24. The number of Topliss-reactive ketones (excluding diaryl/α,β-unsaturated/α-hetero) is 1. The van der Waals surface area contributed by atoms with Crippen LogP contribution in [0.1, 0.15) is 57.1 Å². The molecule has 0 heterocycles. The molecule has 0 aromatic heterocycles. The van der Waals surface area contributed by atoms with Crippen LogP contribution in [0.15, 0.2) is 24.3 Å². The minimum Gasteiger partial charge on any atom is -0.300 e. The molecule has 2 unspecified atom stereocenters. The summed E-state index contributed by atoms with van der Waals surface area (Å²) in [7, 11) is 0. The Hall–Kier alpha value is -1.11. The number of ketones is 1. The quantitative estimate of drug-likeness (QED) is 0.707. The van der Waals surface area contributed by atoms with Crippen molar-refractivity contribution in [1.29, 1.82) is 0 Å². The molecule has 0 fully saturated rings. The van der Waals surface area contributed by atoms with E-state index in [1.165, 1.54) is 36.8 Å². The van der Waals surface area contributed by atoms with Gasteiger partial charge in [0.25, 0.3) is 0 Å². The van der Waals surface area contributed by atoms with Gasteiger partial charge in [0.1, 0.15) is 5.78 Å². The minimum atomic E-state index is 0.436. The van der Waals surface area contributed by atoms with E-state index >= 15 is 0 Å². The molecule has 0 bridgehead atoms. The van der Waals surface area contributed by atoms with E-state index in [2.05, 4.69) is 31.2 Å². The van der Waals surface area contributed by atoms with Crippen LogP contribution in [0.3, 0.4) is 0 Å². The summed E-state index contributed by atoms with van der Waals surface area (Å²) in [4.78, 5) is 11.9. The van der Waals surface area contributed by atoms with Gasteiger partial charge in [0.05, 0.1) is 0 Å². The molecule has 0 amide bonds. The van der Waals surface area contributed by atoms with Crippen LogP contribution in [0.25, 0.3) is 0 Å². The van der Waals surface area contributed by atoms with Crippen LogP contribution in [0.4, 0.5) is 0 Å². The van der Waals surface area contributed by atoms with Crippen LogP contribution in [0.5, 0.6) is 0 Å². The van der Waals surface area contributed by atoms with Crippen LogP contribution in [-0.4, -0.2) is 5.78 Å². The van der Waals surface area contributed by atoms with Gasteiger partial charge in [-0.2, -0.15) is 0 Å². The maximum absolute atomic E-state index is 11.9. The predicted molar refractivity (Wildman–Crippen MR) is 80.3 cm³/mol. The highest BCUT2D eigenvalue weighted by Gasteiger charge is 2.26. The Bertz CT molecular complexity index is 421. The highest BCUT2D eigenvalue weighted by molar-refractivity contribution is 5.78. The first-order valence-corrected chi connectivity index (χ1v) is 7.83. The molecule has 1 heteroatoms. The van der Waals surface area contributed by atoms with Gasteiger partial charge in [-0.15, -0.1) is 0 Å². The summed E-state index contributed by atoms with van der Waals surface area (Å²) in [5.74, 6) is 1.73. The number of carbonyl (C=O) groups excluding carboxylic acids is 1. The Morgan fingerprint density at radius 1 is 1.16 bits per heavy atom. The molecule has 2 atom stereocenters. The van der Waals surface area contributed by atoms with E-state index in [1.54, 1.807) is 0 Å². The first-order valence-electron chi connectivity index (χ1n) is 7.83. The van der Waals surface area contributed by atoms with Gasteiger partial charge in [-0.1, -0.05) is 51.0 Å². The summed E-state index contributed by atoms with van der Waals surface area (Å²) in [6.07, 6.45) is 7.54. The Kier molecular flexibility index (Phi) is 5.18. The summed E-state index contributed by atoms with van der Waals surface area (Å²) in [5, 5.41) is 0. The smallest absolute Gasteiger partial charge is 0.132 e. The summed E-state index contributed by atoms with van der Waals surface area (Å²) in [6, 6.07) is 8.80. The van der Waals surface area contributed by atoms with Crippen molar-refractivity contribution < 1.29 is 4.79 Å². The average molecular weight is 258 g/mol. The summed E-state index contributed by atoms with van der Waals surface area (Å²) in [6.45, 7) is 4.25. The Morgan fingerprint density at radius 2 is 1.89 bits per heavy atom. The number of benzene rings is 1. The standard InChI is InChI=1S/C18H26O/c1-3-7-14-10-11-15-8-5-6-9-16(15)12-17(14)13-18(19)4-2/h5-6,8-9,14,17H,3-4,7,10-13H2,1-2H3. The monoisotopic (exact) mass is 258 g/mol. The van der Waals surface area contributed by atoms with Crippen molar-refractivity contribution in [2.24, 2.45) is 11.8 Å². The predicted octanol–water partition coefficient (Wildman–Crippen LogP) is 4.58. The summed E-state index contributed by atoms with van der Waals surface area (Å²) < 4.78 is 0. The Balaban J connectivity index is 2.17. The van der Waals surface area contributed by atoms with Crippen molar-refractivity contribution in [3.05, 3.63) is 35.4 Å². The second kappa shape index (κ2) is 6.88. The molecule has 0 aliphatic heterocycles. The molecule has 0 spiro atoms. The Morgan fingerprint density at radius 3 is 2.58 bits per heavy atom. The van der Waals surface area contributed by atoms with Crippen molar-refractivity contribution in [2.75, 3.05) is 0 Å². The maximum Gasteiger partial charge on any atom is 0.132 e. The van der Waals surface area contributed by atoms with Gasteiger partial charge < -0.3 is 0 Å². The Labute approximate surface area is 117 Å². The molecule has 0 saturated carbocycles. The van der Waals surface area contributed by atoms with Crippen molar-refractivity contribution in [3.63, 3.8) is 0 Å². The van der Waals surface area contributed by atoms with Gasteiger partial charge in [-0.05, 0) is 42.2 Å². The molecule has 0 saturated heterocycles. The van der Waals surface area contributed by atoms with Gasteiger partial charge in [-0.3, -0.25) is 4.79 Å². The molecule has 1 nitrogen and oxygen atoms in total. The van der Waals surface area contributed by atoms with E-state index in [0.717, 1.165) is 18.8 Å². The third-order valence-electron chi connectivity index (χ3n) is 4.60. The zero-order chi connectivity index (χ0) is 13.7. The number of hydrogen-bond donors (Lipinski definition) is 0. The number of fused-ring (bicyclic) bond motifs is 1. The van der Waals surface area contributed by atoms with Crippen LogP contribution < -0.4 is 0 Å². The summed E-state index contributed by atoms with van der Waals surface area (Å²) in [5.41, 5.74) is 2.99. The van der Waals surface area contributed by atoms with Gasteiger partial charge in [0.2, 0.25) is 0 Å². The number of aryl methyl sites for hydroxylation is 1. The molecule has 104 valence electrons. The lowest BCUT2D eigenvalue weighted by Crippen LogP contribution is -2.19. The fourth-order valence-corrected chi connectivity index (χ4v) is 3.45. The molecule has 1 aromatic rings. The molecular weight excluding hydrogens is 232 g/mol. The fourth-order valence-electron chi connectivity index (χ4n) is 3.45. The molecule has 2 rings (SSSR count). The van der Waals surface area contributed by atoms with Gasteiger partial charge in [0, 0.05) is 12.8 Å². The lowest BCUT2D eigenvalue weighted by atomic mass is 9.80. The number of hydrogen-bond acceptors (Lipinski definition) is 1. The van der Waals surface area contributed by atoms with Gasteiger partial charge >= 0.3 is 0 Å². The molecular formula is C18H26O. The van der Waals surface area contributed by atoms with Crippen molar-refractivity contribution in [2.45, 2.75) is 58.8 Å². The SMILES string of the molecule is CCCC1CCc2ccccc2CC1CC(=O)CC. The van der Waals surface area contributed by atoms with Gasteiger partial charge in [-0.25, -0.2) is 0 Å². The van der Waals surface area contributed by atoms with E-state index in [9.17, 15) is 4.79 Å². The lowest BCUT2D eigenvalue weighted by molar-refractivity contribution is -0.120. The zero-order valence-corrected chi connectivity index (χ0v) is 12.3. The molecule has 0 N–H and O–H groups in total. The largest absolute Gasteiger partial charge is 0.300 e. The van der Waals surface area contributed by atoms with Crippen molar-refractivity contribution in [3.8, 4) is 0 Å². The first kappa shape index (κ1) is 14.3. The molecule has 1 aromatic carbocycles. The average Bonchev–Trinajstić information content (AvgIpc) is 2.59. The normalized spacial score (nSPS) is 22.6. The topological polar surface area (TPSA) is 17.1 Å². The van der Waals surface area contributed by atoms with Crippen molar-refractivity contribution in [1.82, 2.24) is 0 Å². The van der Waals surface area contributed by atoms with Crippen LogP contribution >= 0.6 is 0 Å². The maximum atomic E-state index is 11.9. The molecule has 19 heavy (non-hydrogen) atoms. The second-order valence-corrected chi connectivity index (χ2v) is 5.92. The summed E-state index contributed by atoms with van der Waals surface area (Å²) >= 11 is 0. The molecule has 1 aliphatic carbocycles. The molecule has 0 radical (unpaired) electrons. The van der Waals surface area contributed by atoms with Crippen LogP contribution in [0, 0.1) is 11.8 Å². The lowest BCUT2D eigenvalue weighted by Gasteiger charge is -2.24. The van der Waals surface area contributed by atoms with Gasteiger partial charge in [0.15, 0.2) is 0 Å². The van der Waals surface area contributed by atoms with E-state index in [-0.39, 0.29) is 0 Å². The van der Waals surface area contributed by atoms with E-state index < -0.39 is 0 Å². The zero-order valence-electron chi connectivity index (χ0n) is 12.3. The highest BCUT2D eigenvalue weighted by atomic mass is 16.1. The fraction of sp³-hybridized carbons (Fsp3) is 0.611. The second-order valence-electron chi connectivity index (χ2n) is 5.92. The third kappa shape index (κ3) is 3.68. The number of carbonyl (C=O) groups is 1. The van der Waals surface area contributed by atoms with E-state index in [1.807, 2.05) is 6.92 Å². The van der Waals surface area contributed by atoms with E-state index in [0.29, 0.717) is 18.1 Å². The van der Waals surface area contributed by atoms with E-state index in [4.69, 9.17) is 0 Å². The highest BCUT2D eigenvalue weighted by Crippen LogP contribution is 2.34. The van der Waals surface area contributed by atoms with Crippen LogP contribution in [-0.2, 0) is 17.6 Å². The van der Waals surface area contributed by atoms with Crippen LogP contribution in [0.2, 0.25) is 0 Å². The third-order valence-corrected chi connectivity index (χ3v) is 4.60. The minimum absolute atomic E-state index is 0.436. The molecule has 1 aliphatic rings. The van der Waals surface area contributed by atoms with Crippen molar-refractivity contribution >= 4 is 5.78 Å². The number of rotatable bonds is 5.